The van der Waals surface area contributed by atoms with E-state index in [0.29, 0.717) is 6.54 Å². The molecule has 1 heterocycles. The average Bonchev–Trinajstić information content (AvgIpc) is 3.59. The summed E-state index contributed by atoms with van der Waals surface area (Å²) >= 11 is 0. The number of carboxylic acid groups (broad SMARTS) is 1. The van der Waals surface area contributed by atoms with Gasteiger partial charge >= 0.3 is 5.97 Å². The summed E-state index contributed by atoms with van der Waals surface area (Å²) in [5, 5.41) is 14.6. The first-order valence-corrected chi connectivity index (χ1v) is 15.1. The lowest BCUT2D eigenvalue weighted by molar-refractivity contribution is -0.154. The van der Waals surface area contributed by atoms with Gasteiger partial charge in [-0.1, -0.05) is 89.4 Å². The zero-order valence-electron chi connectivity index (χ0n) is 24.8. The second-order valence-corrected chi connectivity index (χ2v) is 13.6. The van der Waals surface area contributed by atoms with Crippen LogP contribution in [0, 0.1) is 17.3 Å². The number of carbonyl (C=O) groups is 2. The fraction of sp³-hybridized carbons (Fsp3) is 0.588. The largest absolute Gasteiger partial charge is 0.496 e. The molecule has 0 radical (unpaired) electrons. The van der Waals surface area contributed by atoms with E-state index in [1.165, 1.54) is 5.56 Å². The number of likely N-dealkylation sites (tertiary alicyclic amines) is 1. The van der Waals surface area contributed by atoms with E-state index in [4.69, 9.17) is 4.74 Å². The van der Waals surface area contributed by atoms with Crippen LogP contribution in [0.3, 0.4) is 0 Å². The smallest absolute Gasteiger partial charge is 0.326 e. The Labute approximate surface area is 239 Å². The van der Waals surface area contributed by atoms with Crippen LogP contribution in [-0.2, 0) is 21.5 Å². The molecule has 0 bridgehead atoms. The van der Waals surface area contributed by atoms with Crippen LogP contribution in [0.2, 0.25) is 0 Å². The summed E-state index contributed by atoms with van der Waals surface area (Å²) in [7, 11) is 1.69. The molecule has 216 valence electrons. The number of hydrogen-bond acceptors (Lipinski definition) is 4. The van der Waals surface area contributed by atoms with Crippen LogP contribution in [0.15, 0.2) is 48.5 Å². The highest BCUT2D eigenvalue weighted by molar-refractivity contribution is 5.87. The first-order valence-electron chi connectivity index (χ1n) is 15.1. The topological polar surface area (TPSA) is 78.9 Å². The van der Waals surface area contributed by atoms with E-state index in [1.54, 1.807) is 12.0 Å². The molecule has 6 heteroatoms. The maximum absolute atomic E-state index is 14.3. The number of benzene rings is 2. The molecule has 0 unspecified atom stereocenters. The Hall–Kier alpha value is -2.86. The second-order valence-electron chi connectivity index (χ2n) is 13.6. The van der Waals surface area contributed by atoms with Crippen LogP contribution in [0.25, 0.3) is 0 Å². The third-order valence-electron chi connectivity index (χ3n) is 9.79. The van der Waals surface area contributed by atoms with E-state index in [2.05, 4.69) is 57.3 Å². The molecule has 1 amide bonds. The molecule has 1 saturated heterocycles. The molecule has 0 spiro atoms. The lowest BCUT2D eigenvalue weighted by atomic mass is 9.79. The molecule has 2 aromatic carbocycles. The Kier molecular flexibility index (Phi) is 8.02. The van der Waals surface area contributed by atoms with Crippen LogP contribution in [0.1, 0.15) is 95.4 Å². The summed E-state index contributed by atoms with van der Waals surface area (Å²) in [4.78, 5) is 29.2. The van der Waals surface area contributed by atoms with Crippen LogP contribution in [0.4, 0.5) is 0 Å². The van der Waals surface area contributed by atoms with Crippen molar-refractivity contribution in [3.63, 3.8) is 0 Å². The highest BCUT2D eigenvalue weighted by Gasteiger charge is 2.63. The number of carbonyl (C=O) groups excluding carboxylic acids is 1. The minimum absolute atomic E-state index is 0.0113. The summed E-state index contributed by atoms with van der Waals surface area (Å²) < 4.78 is 5.75. The number of rotatable bonds is 8. The first kappa shape index (κ1) is 28.7. The molecule has 2 N–H and O–H groups in total. The maximum atomic E-state index is 14.3. The zero-order chi connectivity index (χ0) is 28.7. The highest BCUT2D eigenvalue weighted by atomic mass is 16.5. The number of amides is 1. The van der Waals surface area contributed by atoms with Crippen LogP contribution in [0.5, 0.6) is 5.75 Å². The van der Waals surface area contributed by atoms with Crippen molar-refractivity contribution in [2.75, 3.05) is 7.11 Å². The second kappa shape index (κ2) is 11.2. The monoisotopic (exact) mass is 546 g/mol. The molecular formula is C34H46N2O4. The summed E-state index contributed by atoms with van der Waals surface area (Å²) in [5.74, 6) is -0.350. The van der Waals surface area contributed by atoms with Crippen molar-refractivity contribution in [1.82, 2.24) is 10.2 Å². The van der Waals surface area contributed by atoms with Gasteiger partial charge < -0.3 is 20.1 Å². The predicted molar refractivity (Wildman–Crippen MR) is 157 cm³/mol. The van der Waals surface area contributed by atoms with Crippen molar-refractivity contribution >= 4 is 11.9 Å². The fourth-order valence-corrected chi connectivity index (χ4v) is 7.23. The van der Waals surface area contributed by atoms with Crippen molar-refractivity contribution in [1.29, 1.82) is 0 Å². The molecular weight excluding hydrogens is 500 g/mol. The Balaban J connectivity index is 1.57. The molecule has 40 heavy (non-hydrogen) atoms. The lowest BCUT2D eigenvalue weighted by Gasteiger charge is -2.35. The van der Waals surface area contributed by atoms with Gasteiger partial charge in [0, 0.05) is 30.0 Å². The SMILES string of the molecule is COc1ccc(C(C)(C)C)cc1CN[C@H]1[C@H](C2(C)CC2)[C@@H](C(=O)O)N(C(=O)C2CCCCC2)[C@H]1c1ccccc1. The quantitative estimate of drug-likeness (QED) is 0.396. The number of ether oxygens (including phenoxy) is 1. The normalized spacial score (nSPS) is 26.5. The number of nitrogens with zero attached hydrogens (tertiary/aromatic N) is 1. The predicted octanol–water partition coefficient (Wildman–Crippen LogP) is 6.48. The molecule has 2 aromatic rings. The van der Waals surface area contributed by atoms with Gasteiger partial charge in [-0.05, 0) is 53.7 Å². The Morgan fingerprint density at radius 3 is 2.30 bits per heavy atom. The van der Waals surface area contributed by atoms with Gasteiger partial charge in [-0.15, -0.1) is 0 Å². The number of carboxylic acids is 1. The van der Waals surface area contributed by atoms with Crippen LogP contribution >= 0.6 is 0 Å². The Morgan fingerprint density at radius 1 is 1.05 bits per heavy atom. The van der Waals surface area contributed by atoms with Gasteiger partial charge in [-0.2, -0.15) is 0 Å². The van der Waals surface area contributed by atoms with E-state index in [0.717, 1.165) is 61.8 Å². The van der Waals surface area contributed by atoms with E-state index in [-0.39, 0.29) is 40.7 Å². The lowest BCUT2D eigenvalue weighted by Crippen LogP contribution is -2.48. The van der Waals surface area contributed by atoms with Crippen molar-refractivity contribution in [3.8, 4) is 5.75 Å². The van der Waals surface area contributed by atoms with Gasteiger partial charge in [-0.25, -0.2) is 4.79 Å². The summed E-state index contributed by atoms with van der Waals surface area (Å²) in [6.07, 6.45) is 6.87. The summed E-state index contributed by atoms with van der Waals surface area (Å²) in [5.41, 5.74) is 3.14. The Morgan fingerprint density at radius 2 is 1.73 bits per heavy atom. The molecule has 1 aliphatic heterocycles. The third-order valence-corrected chi connectivity index (χ3v) is 9.79. The Bertz CT molecular complexity index is 1210. The molecule has 3 fully saturated rings. The van der Waals surface area contributed by atoms with E-state index in [1.807, 2.05) is 24.3 Å². The van der Waals surface area contributed by atoms with Crippen molar-refractivity contribution < 1.29 is 19.4 Å². The molecule has 2 saturated carbocycles. The van der Waals surface area contributed by atoms with Gasteiger partial charge in [0.15, 0.2) is 0 Å². The third kappa shape index (κ3) is 5.52. The average molecular weight is 547 g/mol. The number of nitrogens with one attached hydrogen (secondary N) is 1. The van der Waals surface area contributed by atoms with Crippen LogP contribution < -0.4 is 10.1 Å². The van der Waals surface area contributed by atoms with E-state index >= 15 is 0 Å². The summed E-state index contributed by atoms with van der Waals surface area (Å²) in [6.45, 7) is 9.34. The van der Waals surface area contributed by atoms with Crippen molar-refractivity contribution in [2.45, 2.75) is 103 Å². The van der Waals surface area contributed by atoms with E-state index < -0.39 is 12.0 Å². The van der Waals surface area contributed by atoms with Gasteiger partial charge in [0.2, 0.25) is 5.91 Å². The molecule has 0 aromatic heterocycles. The highest BCUT2D eigenvalue weighted by Crippen LogP contribution is 2.60. The zero-order valence-corrected chi connectivity index (χ0v) is 24.8. The number of aliphatic carboxylic acids is 1. The maximum Gasteiger partial charge on any atom is 0.326 e. The minimum Gasteiger partial charge on any atom is -0.496 e. The molecule has 3 aliphatic rings. The minimum atomic E-state index is -0.889. The number of hydrogen-bond donors (Lipinski definition) is 2. The van der Waals surface area contributed by atoms with Gasteiger partial charge in [0.05, 0.1) is 13.2 Å². The van der Waals surface area contributed by atoms with Crippen LogP contribution in [-0.4, -0.2) is 41.1 Å². The van der Waals surface area contributed by atoms with Crippen molar-refractivity contribution in [2.24, 2.45) is 17.3 Å². The molecule has 5 rings (SSSR count). The van der Waals surface area contributed by atoms with Gasteiger partial charge in [-0.3, -0.25) is 4.79 Å². The number of methoxy groups -OCH3 is 1. The standard InChI is InChI=1S/C34H46N2O4/c1-33(2,3)25-16-17-26(40-5)24(20-25)21-35-28-27(34(4)18-19-34)30(32(38)39)36(29(28)22-12-8-6-9-13-22)31(37)23-14-10-7-11-15-23/h6,8-9,12-13,16-17,20,23,27-30,35H,7,10-11,14-15,18-19,21H2,1-5H3,(H,38,39)/t27-,28-,29-,30-/m0/s1. The molecule has 2 aliphatic carbocycles. The molecule has 6 nitrogen and oxygen atoms in total. The van der Waals surface area contributed by atoms with Crippen molar-refractivity contribution in [3.05, 3.63) is 65.2 Å². The first-order chi connectivity index (χ1) is 19.0. The van der Waals surface area contributed by atoms with Gasteiger partial charge in [0.1, 0.15) is 11.8 Å². The molecule has 4 atom stereocenters. The summed E-state index contributed by atoms with van der Waals surface area (Å²) in [6, 6.07) is 15.0. The fourth-order valence-electron chi connectivity index (χ4n) is 7.23. The van der Waals surface area contributed by atoms with Gasteiger partial charge in [0.25, 0.3) is 0 Å². The van der Waals surface area contributed by atoms with E-state index in [9.17, 15) is 14.7 Å².